The number of ether oxygens (including phenoxy) is 2. The first-order chi connectivity index (χ1) is 4.85. The zero-order valence-corrected chi connectivity index (χ0v) is 6.54. The fraction of sp³-hybridized carbons (Fsp3) is 0.857. The second-order valence-electron chi connectivity index (χ2n) is 1.77. The summed E-state index contributed by atoms with van der Waals surface area (Å²) in [6, 6.07) is 0. The van der Waals surface area contributed by atoms with E-state index >= 15 is 0 Å². The van der Waals surface area contributed by atoms with Crippen LogP contribution in [0.25, 0.3) is 0 Å². The molecule has 10 heavy (non-hydrogen) atoms. The Balaban J connectivity index is 3.21. The molecule has 0 rings (SSSR count). The minimum absolute atomic E-state index is 0.0200. The van der Waals surface area contributed by atoms with Gasteiger partial charge in [-0.3, -0.25) is 0 Å². The molecule has 1 radical (unpaired) electrons. The van der Waals surface area contributed by atoms with Gasteiger partial charge < -0.3 is 14.6 Å². The average Bonchev–Trinajstić information content (AvgIpc) is 1.98. The molecular weight excluding hydrogens is 132 g/mol. The zero-order chi connectivity index (χ0) is 7.82. The van der Waals surface area contributed by atoms with Crippen LogP contribution in [0.5, 0.6) is 0 Å². The molecule has 1 N–H and O–H groups in total. The SMILES string of the molecule is CCO[CH]C(CO)OCC. The highest BCUT2D eigenvalue weighted by Crippen LogP contribution is 1.96. The highest BCUT2D eigenvalue weighted by atomic mass is 16.5. The minimum Gasteiger partial charge on any atom is -0.394 e. The van der Waals surface area contributed by atoms with E-state index in [2.05, 4.69) is 0 Å². The molecule has 1 atom stereocenters. The molecule has 0 amide bonds. The number of rotatable bonds is 6. The van der Waals surface area contributed by atoms with Crippen molar-refractivity contribution >= 4 is 0 Å². The van der Waals surface area contributed by atoms with E-state index in [-0.39, 0.29) is 12.7 Å². The van der Waals surface area contributed by atoms with Gasteiger partial charge in [0.25, 0.3) is 0 Å². The van der Waals surface area contributed by atoms with Crippen LogP contribution in [-0.2, 0) is 9.47 Å². The standard InChI is InChI=1S/C7H15O3/c1-3-9-6-7(5-8)10-4-2/h6-8H,3-5H2,1-2H3. The van der Waals surface area contributed by atoms with Gasteiger partial charge in [0, 0.05) is 13.2 Å². The van der Waals surface area contributed by atoms with Crippen molar-refractivity contribution in [1.82, 2.24) is 0 Å². The Morgan fingerprint density at radius 2 is 2.10 bits per heavy atom. The Morgan fingerprint density at radius 1 is 1.40 bits per heavy atom. The van der Waals surface area contributed by atoms with Crippen LogP contribution in [0, 0.1) is 6.61 Å². The Morgan fingerprint density at radius 3 is 2.50 bits per heavy atom. The maximum atomic E-state index is 8.65. The lowest BCUT2D eigenvalue weighted by Crippen LogP contribution is -2.19. The van der Waals surface area contributed by atoms with Gasteiger partial charge in [-0.2, -0.15) is 0 Å². The van der Waals surface area contributed by atoms with E-state index in [1.54, 1.807) is 0 Å². The molecule has 3 heteroatoms. The van der Waals surface area contributed by atoms with Crippen LogP contribution in [-0.4, -0.2) is 31.0 Å². The quantitative estimate of drug-likeness (QED) is 0.597. The first-order valence-electron chi connectivity index (χ1n) is 3.52. The van der Waals surface area contributed by atoms with Crippen molar-refractivity contribution in [1.29, 1.82) is 0 Å². The summed E-state index contributed by atoms with van der Waals surface area (Å²) < 4.78 is 9.99. The predicted octanol–water partition coefficient (Wildman–Crippen LogP) is 0.582. The molecule has 0 aliphatic carbocycles. The molecule has 0 saturated carbocycles. The summed E-state index contributed by atoms with van der Waals surface area (Å²) in [6.45, 7) is 6.47. The van der Waals surface area contributed by atoms with E-state index in [0.717, 1.165) is 0 Å². The molecule has 0 aliphatic rings. The molecule has 0 bridgehead atoms. The molecule has 0 spiro atoms. The largest absolute Gasteiger partial charge is 0.394 e. The summed E-state index contributed by atoms with van der Waals surface area (Å²) in [6.07, 6.45) is -0.273. The molecule has 0 aliphatic heterocycles. The normalized spacial score (nSPS) is 13.5. The zero-order valence-electron chi connectivity index (χ0n) is 6.54. The van der Waals surface area contributed by atoms with Gasteiger partial charge in [0.1, 0.15) is 12.7 Å². The summed E-state index contributed by atoms with van der Waals surface area (Å²) in [7, 11) is 0. The van der Waals surface area contributed by atoms with Crippen molar-refractivity contribution in [2.45, 2.75) is 20.0 Å². The highest BCUT2D eigenvalue weighted by molar-refractivity contribution is 4.65. The van der Waals surface area contributed by atoms with Crippen LogP contribution >= 0.6 is 0 Å². The Bertz CT molecular complexity index is 65.9. The van der Waals surface area contributed by atoms with Crippen LogP contribution in [0.4, 0.5) is 0 Å². The molecule has 0 aromatic rings. The van der Waals surface area contributed by atoms with Crippen LogP contribution in [0.2, 0.25) is 0 Å². The van der Waals surface area contributed by atoms with Crippen molar-refractivity contribution in [3.63, 3.8) is 0 Å². The number of aliphatic hydroxyl groups is 1. The van der Waals surface area contributed by atoms with Gasteiger partial charge in [-0.05, 0) is 13.8 Å². The van der Waals surface area contributed by atoms with E-state index < -0.39 is 0 Å². The highest BCUT2D eigenvalue weighted by Gasteiger charge is 2.05. The first kappa shape index (κ1) is 9.88. The second-order valence-corrected chi connectivity index (χ2v) is 1.77. The van der Waals surface area contributed by atoms with Crippen LogP contribution in [0.15, 0.2) is 0 Å². The van der Waals surface area contributed by atoms with Crippen molar-refractivity contribution in [2.75, 3.05) is 19.8 Å². The van der Waals surface area contributed by atoms with Crippen LogP contribution in [0.3, 0.4) is 0 Å². The first-order valence-corrected chi connectivity index (χ1v) is 3.52. The van der Waals surface area contributed by atoms with Gasteiger partial charge in [-0.15, -0.1) is 0 Å². The summed E-state index contributed by atoms with van der Waals surface area (Å²) in [5.74, 6) is 0. The maximum absolute atomic E-state index is 8.65. The van der Waals surface area contributed by atoms with Crippen LogP contribution in [0.1, 0.15) is 13.8 Å². The van der Waals surface area contributed by atoms with E-state index in [4.69, 9.17) is 14.6 Å². The van der Waals surface area contributed by atoms with Gasteiger partial charge in [0.05, 0.1) is 6.61 Å². The van der Waals surface area contributed by atoms with Crippen molar-refractivity contribution in [3.8, 4) is 0 Å². The second kappa shape index (κ2) is 6.99. The molecule has 61 valence electrons. The third-order valence-corrected chi connectivity index (χ3v) is 0.975. The summed E-state index contributed by atoms with van der Waals surface area (Å²) >= 11 is 0. The van der Waals surface area contributed by atoms with Gasteiger partial charge >= 0.3 is 0 Å². The molecular formula is C7H15O3. The number of hydrogen-bond acceptors (Lipinski definition) is 3. The maximum Gasteiger partial charge on any atom is 0.115 e. The fourth-order valence-corrected chi connectivity index (χ4v) is 0.553. The van der Waals surface area contributed by atoms with Gasteiger partial charge in [0.15, 0.2) is 0 Å². The van der Waals surface area contributed by atoms with Gasteiger partial charge in [-0.25, -0.2) is 0 Å². The molecule has 1 unspecified atom stereocenters. The fourth-order valence-electron chi connectivity index (χ4n) is 0.553. The third-order valence-electron chi connectivity index (χ3n) is 0.975. The molecule has 0 aromatic heterocycles. The van der Waals surface area contributed by atoms with Crippen LogP contribution < -0.4 is 0 Å². The van der Waals surface area contributed by atoms with E-state index in [1.807, 2.05) is 13.8 Å². The topological polar surface area (TPSA) is 38.7 Å². The summed E-state index contributed by atoms with van der Waals surface area (Å²) in [4.78, 5) is 0. The molecule has 0 saturated heterocycles. The van der Waals surface area contributed by atoms with E-state index in [9.17, 15) is 0 Å². The van der Waals surface area contributed by atoms with Crippen molar-refractivity contribution in [3.05, 3.63) is 6.61 Å². The van der Waals surface area contributed by atoms with E-state index in [0.29, 0.717) is 13.2 Å². The number of aliphatic hydroxyl groups excluding tert-OH is 1. The average molecular weight is 147 g/mol. The summed E-state index contributed by atoms with van der Waals surface area (Å²) in [5.41, 5.74) is 0. The van der Waals surface area contributed by atoms with Gasteiger partial charge in [-0.1, -0.05) is 0 Å². The molecule has 0 heterocycles. The predicted molar refractivity (Wildman–Crippen MR) is 38.4 cm³/mol. The lowest BCUT2D eigenvalue weighted by Gasteiger charge is -2.12. The summed E-state index contributed by atoms with van der Waals surface area (Å²) in [5, 5.41) is 8.65. The Hall–Kier alpha value is -0.120. The number of hydrogen-bond donors (Lipinski definition) is 1. The molecule has 0 aromatic carbocycles. The lowest BCUT2D eigenvalue weighted by atomic mass is 10.4. The Kier molecular flexibility index (Phi) is 6.91. The Labute approximate surface area is 62.0 Å². The minimum atomic E-state index is -0.273. The third kappa shape index (κ3) is 4.73. The van der Waals surface area contributed by atoms with Crippen molar-refractivity contribution < 1.29 is 14.6 Å². The van der Waals surface area contributed by atoms with Crippen molar-refractivity contribution in [2.24, 2.45) is 0 Å². The monoisotopic (exact) mass is 147 g/mol. The van der Waals surface area contributed by atoms with Gasteiger partial charge in [0.2, 0.25) is 0 Å². The molecule has 3 nitrogen and oxygen atoms in total. The molecule has 0 fully saturated rings. The van der Waals surface area contributed by atoms with E-state index in [1.165, 1.54) is 6.61 Å². The smallest absolute Gasteiger partial charge is 0.115 e. The lowest BCUT2D eigenvalue weighted by molar-refractivity contribution is -0.00130.